The second-order valence-corrected chi connectivity index (χ2v) is 4.78. The van der Waals surface area contributed by atoms with Crippen LogP contribution in [-0.4, -0.2) is 42.6 Å². The van der Waals surface area contributed by atoms with Gasteiger partial charge >= 0.3 is 0 Å². The lowest BCUT2D eigenvalue weighted by molar-refractivity contribution is 0.328. The Balaban J connectivity index is 2.25. The minimum Gasteiger partial charge on any atom is -0.382 e. The third kappa shape index (κ3) is 2.69. The Kier molecular flexibility index (Phi) is 3.84. The van der Waals surface area contributed by atoms with Crippen LogP contribution in [0.1, 0.15) is 19.8 Å². The Morgan fingerprint density at radius 3 is 3.00 bits per heavy atom. The average Bonchev–Trinajstić information content (AvgIpc) is 2.51. The second kappa shape index (κ2) is 5.36. The number of hydrogen-bond acceptors (Lipinski definition) is 4. The summed E-state index contributed by atoms with van der Waals surface area (Å²) in [5, 5.41) is 0. The van der Waals surface area contributed by atoms with Crippen molar-refractivity contribution in [3.8, 4) is 0 Å². The zero-order chi connectivity index (χ0) is 12.3. The zero-order valence-electron chi connectivity index (χ0n) is 10.8. The molecule has 4 heteroatoms. The first-order valence-corrected chi connectivity index (χ1v) is 6.38. The minimum absolute atomic E-state index is 0.536. The monoisotopic (exact) mass is 234 g/mol. The standard InChI is InChI=1S/C13H22N4/c1-3-11-10-16(2)8-5-9-17(11)12-6-4-7-15-13(12)14/h4,6-7,11H,3,5,8-10H2,1-2H3,(H2,14,15). The summed E-state index contributed by atoms with van der Waals surface area (Å²) in [6.45, 7) is 5.57. The molecule has 1 aliphatic heterocycles. The van der Waals surface area contributed by atoms with Gasteiger partial charge in [0.25, 0.3) is 0 Å². The summed E-state index contributed by atoms with van der Waals surface area (Å²) in [7, 11) is 2.19. The van der Waals surface area contributed by atoms with Gasteiger partial charge in [0.05, 0.1) is 5.69 Å². The Labute approximate surface area is 103 Å². The van der Waals surface area contributed by atoms with Crippen molar-refractivity contribution in [1.29, 1.82) is 0 Å². The van der Waals surface area contributed by atoms with Crippen LogP contribution in [-0.2, 0) is 0 Å². The number of rotatable bonds is 2. The van der Waals surface area contributed by atoms with Crippen molar-refractivity contribution >= 4 is 11.5 Å². The normalized spacial score (nSPS) is 22.5. The van der Waals surface area contributed by atoms with Gasteiger partial charge in [0.2, 0.25) is 0 Å². The molecule has 0 aromatic carbocycles. The van der Waals surface area contributed by atoms with Gasteiger partial charge in [0.1, 0.15) is 5.82 Å². The molecule has 1 aromatic rings. The van der Waals surface area contributed by atoms with Crippen molar-refractivity contribution < 1.29 is 0 Å². The molecule has 0 amide bonds. The molecule has 17 heavy (non-hydrogen) atoms. The predicted octanol–water partition coefficient (Wildman–Crippen LogP) is 1.58. The maximum atomic E-state index is 5.99. The Morgan fingerprint density at radius 1 is 1.47 bits per heavy atom. The van der Waals surface area contributed by atoms with Gasteiger partial charge in [-0.3, -0.25) is 0 Å². The van der Waals surface area contributed by atoms with Crippen molar-refractivity contribution in [2.24, 2.45) is 0 Å². The smallest absolute Gasteiger partial charge is 0.146 e. The number of hydrogen-bond donors (Lipinski definition) is 1. The molecule has 0 saturated carbocycles. The van der Waals surface area contributed by atoms with E-state index in [1.54, 1.807) is 6.20 Å². The molecule has 2 N–H and O–H groups in total. The van der Waals surface area contributed by atoms with E-state index in [2.05, 4.69) is 34.8 Å². The van der Waals surface area contributed by atoms with Crippen LogP contribution in [0, 0.1) is 0 Å². The molecule has 1 atom stereocenters. The summed E-state index contributed by atoms with van der Waals surface area (Å²) in [6.07, 6.45) is 4.07. The van der Waals surface area contributed by atoms with Crippen LogP contribution in [0.3, 0.4) is 0 Å². The van der Waals surface area contributed by atoms with Gasteiger partial charge in [0, 0.05) is 25.3 Å². The largest absolute Gasteiger partial charge is 0.382 e. The molecule has 1 aliphatic rings. The molecule has 1 unspecified atom stereocenters. The summed E-state index contributed by atoms with van der Waals surface area (Å²) in [5.74, 6) is 0.649. The topological polar surface area (TPSA) is 45.4 Å². The van der Waals surface area contributed by atoms with Gasteiger partial charge in [-0.25, -0.2) is 4.98 Å². The maximum absolute atomic E-state index is 5.99. The van der Waals surface area contributed by atoms with E-state index in [1.165, 1.54) is 6.42 Å². The van der Waals surface area contributed by atoms with Crippen molar-refractivity contribution in [2.75, 3.05) is 37.3 Å². The first kappa shape index (κ1) is 12.2. The quantitative estimate of drug-likeness (QED) is 0.844. The molecule has 2 heterocycles. The molecule has 2 rings (SSSR count). The van der Waals surface area contributed by atoms with E-state index in [0.717, 1.165) is 31.7 Å². The number of nitrogens with zero attached hydrogens (tertiary/aromatic N) is 3. The molecule has 94 valence electrons. The molecule has 1 aromatic heterocycles. The highest BCUT2D eigenvalue weighted by molar-refractivity contribution is 5.63. The van der Waals surface area contributed by atoms with E-state index in [1.807, 2.05) is 6.07 Å². The molecule has 0 radical (unpaired) electrons. The number of pyridine rings is 1. The highest BCUT2D eigenvalue weighted by atomic mass is 15.2. The number of nitrogens with two attached hydrogens (primary N) is 1. The minimum atomic E-state index is 0.536. The molecule has 1 fully saturated rings. The summed E-state index contributed by atoms with van der Waals surface area (Å²) >= 11 is 0. The van der Waals surface area contributed by atoms with Crippen molar-refractivity contribution in [3.05, 3.63) is 18.3 Å². The highest BCUT2D eigenvalue weighted by Crippen LogP contribution is 2.25. The molecular weight excluding hydrogens is 212 g/mol. The van der Waals surface area contributed by atoms with Gasteiger partial charge in [-0.1, -0.05) is 6.92 Å². The lowest BCUT2D eigenvalue weighted by Crippen LogP contribution is -2.40. The Hall–Kier alpha value is -1.29. The van der Waals surface area contributed by atoms with E-state index in [0.29, 0.717) is 11.9 Å². The zero-order valence-corrected chi connectivity index (χ0v) is 10.8. The number of likely N-dealkylation sites (N-methyl/N-ethyl adjacent to an activating group) is 1. The van der Waals surface area contributed by atoms with Gasteiger partial charge in [-0.05, 0) is 38.6 Å². The van der Waals surface area contributed by atoms with Gasteiger partial charge in [0.15, 0.2) is 0 Å². The molecule has 1 saturated heterocycles. The molecule has 4 nitrogen and oxygen atoms in total. The van der Waals surface area contributed by atoms with Crippen LogP contribution in [0.2, 0.25) is 0 Å². The van der Waals surface area contributed by atoms with Crippen LogP contribution < -0.4 is 10.6 Å². The molecule has 0 aliphatic carbocycles. The summed E-state index contributed by atoms with van der Waals surface area (Å²) in [5.41, 5.74) is 7.08. The summed E-state index contributed by atoms with van der Waals surface area (Å²) < 4.78 is 0. The van der Waals surface area contributed by atoms with Crippen LogP contribution in [0.4, 0.5) is 11.5 Å². The first-order chi connectivity index (χ1) is 8.22. The Bertz CT molecular complexity index is 366. The SMILES string of the molecule is CCC1CN(C)CCCN1c1cccnc1N. The number of anilines is 2. The molecule has 0 spiro atoms. The number of aromatic nitrogens is 1. The fraction of sp³-hybridized carbons (Fsp3) is 0.615. The predicted molar refractivity (Wildman–Crippen MR) is 72.2 cm³/mol. The first-order valence-electron chi connectivity index (χ1n) is 6.38. The van der Waals surface area contributed by atoms with E-state index < -0.39 is 0 Å². The average molecular weight is 234 g/mol. The van der Waals surface area contributed by atoms with E-state index in [4.69, 9.17) is 5.73 Å². The summed E-state index contributed by atoms with van der Waals surface area (Å²) in [6, 6.07) is 4.58. The van der Waals surface area contributed by atoms with Crippen LogP contribution in [0.15, 0.2) is 18.3 Å². The van der Waals surface area contributed by atoms with Crippen molar-refractivity contribution in [1.82, 2.24) is 9.88 Å². The van der Waals surface area contributed by atoms with Crippen LogP contribution >= 0.6 is 0 Å². The van der Waals surface area contributed by atoms with E-state index >= 15 is 0 Å². The summed E-state index contributed by atoms with van der Waals surface area (Å²) in [4.78, 5) is 9.02. The van der Waals surface area contributed by atoms with Gasteiger partial charge < -0.3 is 15.5 Å². The highest BCUT2D eigenvalue weighted by Gasteiger charge is 2.23. The lowest BCUT2D eigenvalue weighted by Gasteiger charge is -2.32. The van der Waals surface area contributed by atoms with Crippen LogP contribution in [0.5, 0.6) is 0 Å². The fourth-order valence-corrected chi connectivity index (χ4v) is 2.56. The lowest BCUT2D eigenvalue weighted by atomic mass is 10.1. The second-order valence-electron chi connectivity index (χ2n) is 4.78. The van der Waals surface area contributed by atoms with Crippen molar-refractivity contribution in [3.63, 3.8) is 0 Å². The number of nitrogen functional groups attached to an aromatic ring is 1. The van der Waals surface area contributed by atoms with E-state index in [9.17, 15) is 0 Å². The van der Waals surface area contributed by atoms with Crippen molar-refractivity contribution in [2.45, 2.75) is 25.8 Å². The maximum Gasteiger partial charge on any atom is 0.146 e. The van der Waals surface area contributed by atoms with Crippen LogP contribution in [0.25, 0.3) is 0 Å². The van der Waals surface area contributed by atoms with Gasteiger partial charge in [-0.15, -0.1) is 0 Å². The van der Waals surface area contributed by atoms with Gasteiger partial charge in [-0.2, -0.15) is 0 Å². The molecule has 0 bridgehead atoms. The van der Waals surface area contributed by atoms with E-state index in [-0.39, 0.29) is 0 Å². The molecular formula is C13H22N4. The Morgan fingerprint density at radius 2 is 2.29 bits per heavy atom. The third-order valence-corrected chi connectivity index (χ3v) is 3.50. The fourth-order valence-electron chi connectivity index (χ4n) is 2.56. The third-order valence-electron chi connectivity index (χ3n) is 3.50.